The van der Waals surface area contributed by atoms with E-state index in [1.807, 2.05) is 30.3 Å². The fourth-order valence-corrected chi connectivity index (χ4v) is 5.04. The molecule has 0 aliphatic carbocycles. The number of nitro benzene ring substituents is 1. The molecule has 3 aromatic carbocycles. The molecule has 0 saturated heterocycles. The number of rotatable bonds is 9. The Labute approximate surface area is 221 Å². The number of hydrazone groups is 1. The predicted molar refractivity (Wildman–Crippen MR) is 142 cm³/mol. The predicted octanol–water partition coefficient (Wildman–Crippen LogP) is 4.69. The summed E-state index contributed by atoms with van der Waals surface area (Å²) in [6, 6.07) is 17.6. The number of aryl methyl sites for hydroxylation is 1. The number of carboxylic acid groups (broad SMARTS) is 1. The second-order valence-electron chi connectivity index (χ2n) is 7.80. The third kappa shape index (κ3) is 5.48. The molecule has 0 saturated carbocycles. The van der Waals surface area contributed by atoms with E-state index in [-0.39, 0.29) is 22.1 Å². The third-order valence-corrected chi connectivity index (χ3v) is 7.06. The second kappa shape index (κ2) is 10.7. The maximum absolute atomic E-state index is 13.2. The highest BCUT2D eigenvalue weighted by atomic mass is 35.5. The Morgan fingerprint density at radius 3 is 2.47 bits per heavy atom. The number of halogens is 1. The van der Waals surface area contributed by atoms with E-state index in [0.717, 1.165) is 17.8 Å². The van der Waals surface area contributed by atoms with Gasteiger partial charge in [0.2, 0.25) is 0 Å². The van der Waals surface area contributed by atoms with Crippen LogP contribution in [0.25, 0.3) is 5.69 Å². The molecule has 38 heavy (non-hydrogen) atoms. The van der Waals surface area contributed by atoms with Gasteiger partial charge in [0, 0.05) is 12.1 Å². The summed E-state index contributed by atoms with van der Waals surface area (Å²) in [5, 5.41) is 29.4. The zero-order valence-corrected chi connectivity index (χ0v) is 21.1. The molecule has 0 aliphatic rings. The number of benzene rings is 3. The molecule has 14 heteroatoms. The molecule has 0 atom stereocenters. The number of nitrogens with one attached hydrogen (secondary N) is 2. The van der Waals surface area contributed by atoms with Gasteiger partial charge in [0.05, 0.1) is 45.0 Å². The highest BCUT2D eigenvalue weighted by Gasteiger charge is 2.24. The summed E-state index contributed by atoms with van der Waals surface area (Å²) in [6.45, 7) is 1.72. The fraction of sp³-hybridized carbons (Fsp3) is 0.0417. The lowest BCUT2D eigenvalue weighted by Crippen LogP contribution is -2.17. The number of aromatic nitrogens is 2. The van der Waals surface area contributed by atoms with E-state index in [2.05, 4.69) is 20.3 Å². The first-order valence-corrected chi connectivity index (χ1v) is 12.7. The van der Waals surface area contributed by atoms with E-state index in [1.54, 1.807) is 6.92 Å². The summed E-state index contributed by atoms with van der Waals surface area (Å²) in [5.41, 5.74) is 3.21. The maximum Gasteiger partial charge on any atom is 0.337 e. The number of aromatic carboxylic acids is 1. The van der Waals surface area contributed by atoms with E-state index < -0.39 is 31.5 Å². The normalized spacial score (nSPS) is 11.4. The van der Waals surface area contributed by atoms with Crippen LogP contribution >= 0.6 is 11.6 Å². The maximum atomic E-state index is 13.2. The Bertz CT molecular complexity index is 1670. The Kier molecular flexibility index (Phi) is 7.41. The molecular weight excluding hydrogens is 536 g/mol. The van der Waals surface area contributed by atoms with Crippen molar-refractivity contribution in [1.82, 2.24) is 9.78 Å². The Hall–Kier alpha value is -4.75. The van der Waals surface area contributed by atoms with Gasteiger partial charge >= 0.3 is 5.97 Å². The number of anilines is 2. The molecule has 194 valence electrons. The quantitative estimate of drug-likeness (QED) is 0.152. The standard InChI is InChI=1S/C24H19ClN6O6S/c1-15-19(23(25)30(28-15)16-7-3-2-4-8-16)14-26-27-21-12-11-17(31(34)35)13-22(21)38(36,37)29-20-10-6-5-9-18(20)24(32)33/h2-14,27,29H,1H3,(H,32,33)/b26-14-. The van der Waals surface area contributed by atoms with Gasteiger partial charge in [-0.3, -0.25) is 20.3 Å². The van der Waals surface area contributed by atoms with E-state index in [9.17, 15) is 28.4 Å². The fourth-order valence-electron chi connectivity index (χ4n) is 3.46. The van der Waals surface area contributed by atoms with Crippen LogP contribution in [0.15, 0.2) is 82.8 Å². The summed E-state index contributed by atoms with van der Waals surface area (Å²) in [7, 11) is -4.50. The average Bonchev–Trinajstić information content (AvgIpc) is 3.17. The molecule has 1 heterocycles. The third-order valence-electron chi connectivity index (χ3n) is 5.29. The number of para-hydroxylation sites is 2. The molecule has 4 aromatic rings. The molecule has 3 N–H and O–H groups in total. The van der Waals surface area contributed by atoms with Crippen molar-refractivity contribution in [2.24, 2.45) is 5.10 Å². The highest BCUT2D eigenvalue weighted by Crippen LogP contribution is 2.29. The molecule has 4 rings (SSSR count). The summed E-state index contributed by atoms with van der Waals surface area (Å²) >= 11 is 6.49. The average molecular weight is 555 g/mol. The lowest BCUT2D eigenvalue weighted by atomic mass is 10.2. The number of hydrogen-bond donors (Lipinski definition) is 3. The lowest BCUT2D eigenvalue weighted by molar-refractivity contribution is -0.385. The van der Waals surface area contributed by atoms with Crippen molar-refractivity contribution in [2.45, 2.75) is 11.8 Å². The van der Waals surface area contributed by atoms with Crippen molar-refractivity contribution < 1.29 is 23.2 Å². The number of carboxylic acids is 1. The number of nitrogens with zero attached hydrogens (tertiary/aromatic N) is 4. The SMILES string of the molecule is Cc1nn(-c2ccccc2)c(Cl)c1/C=N\Nc1ccc([N+](=O)[O-])cc1S(=O)(=O)Nc1ccccc1C(=O)O. The van der Waals surface area contributed by atoms with Crippen LogP contribution in [0, 0.1) is 17.0 Å². The second-order valence-corrected chi connectivity index (χ2v) is 9.81. The number of non-ortho nitro benzene ring substituents is 1. The lowest BCUT2D eigenvalue weighted by Gasteiger charge is -2.13. The largest absolute Gasteiger partial charge is 0.478 e. The van der Waals surface area contributed by atoms with Crippen LogP contribution < -0.4 is 10.1 Å². The van der Waals surface area contributed by atoms with Crippen molar-refractivity contribution in [3.05, 3.63) is 105 Å². The summed E-state index contributed by atoms with van der Waals surface area (Å²) in [5.74, 6) is -1.35. The monoisotopic (exact) mass is 554 g/mol. The van der Waals surface area contributed by atoms with Crippen molar-refractivity contribution in [1.29, 1.82) is 0 Å². The van der Waals surface area contributed by atoms with E-state index in [4.69, 9.17) is 11.6 Å². The Morgan fingerprint density at radius 1 is 1.11 bits per heavy atom. The molecule has 0 radical (unpaired) electrons. The smallest absolute Gasteiger partial charge is 0.337 e. The topological polar surface area (TPSA) is 169 Å². The molecule has 0 bridgehead atoms. The van der Waals surface area contributed by atoms with E-state index >= 15 is 0 Å². The first-order valence-electron chi connectivity index (χ1n) is 10.8. The zero-order chi connectivity index (χ0) is 27.4. The molecule has 0 spiro atoms. The molecule has 1 aromatic heterocycles. The van der Waals surface area contributed by atoms with Gasteiger partial charge < -0.3 is 5.11 Å². The van der Waals surface area contributed by atoms with Crippen LogP contribution in [0.5, 0.6) is 0 Å². The Balaban J connectivity index is 1.68. The Morgan fingerprint density at radius 2 is 1.79 bits per heavy atom. The zero-order valence-electron chi connectivity index (χ0n) is 19.6. The van der Waals surface area contributed by atoms with Crippen LogP contribution in [0.1, 0.15) is 21.6 Å². The van der Waals surface area contributed by atoms with Crippen molar-refractivity contribution >= 4 is 50.9 Å². The minimum Gasteiger partial charge on any atom is -0.478 e. The van der Waals surface area contributed by atoms with Gasteiger partial charge in [-0.15, -0.1) is 0 Å². The van der Waals surface area contributed by atoms with Gasteiger partial charge in [0.1, 0.15) is 10.0 Å². The van der Waals surface area contributed by atoms with E-state index in [1.165, 1.54) is 41.2 Å². The summed E-state index contributed by atoms with van der Waals surface area (Å²) in [6.07, 6.45) is 1.34. The van der Waals surface area contributed by atoms with Gasteiger partial charge in [-0.1, -0.05) is 41.9 Å². The number of carbonyl (C=O) groups is 1. The van der Waals surface area contributed by atoms with Crippen LogP contribution in [0.3, 0.4) is 0 Å². The molecule has 0 unspecified atom stereocenters. The number of sulfonamides is 1. The first-order chi connectivity index (χ1) is 18.1. The van der Waals surface area contributed by atoms with Gasteiger partial charge in [-0.25, -0.2) is 17.9 Å². The minimum absolute atomic E-state index is 0.101. The molecular formula is C24H19ClN6O6S. The summed E-state index contributed by atoms with van der Waals surface area (Å²) in [4.78, 5) is 21.6. The molecule has 0 amide bonds. The highest BCUT2D eigenvalue weighted by molar-refractivity contribution is 7.93. The van der Waals surface area contributed by atoms with Gasteiger partial charge in [-0.05, 0) is 37.3 Å². The van der Waals surface area contributed by atoms with Crippen LogP contribution in [-0.2, 0) is 10.0 Å². The minimum atomic E-state index is -4.50. The van der Waals surface area contributed by atoms with Gasteiger partial charge in [0.15, 0.2) is 0 Å². The summed E-state index contributed by atoms with van der Waals surface area (Å²) < 4.78 is 30.1. The number of hydrogen-bond acceptors (Lipinski definition) is 8. The molecule has 0 fully saturated rings. The van der Waals surface area contributed by atoms with Crippen LogP contribution in [0.2, 0.25) is 5.15 Å². The van der Waals surface area contributed by atoms with E-state index in [0.29, 0.717) is 11.3 Å². The van der Waals surface area contributed by atoms with Crippen molar-refractivity contribution in [3.63, 3.8) is 0 Å². The van der Waals surface area contributed by atoms with Crippen molar-refractivity contribution in [3.8, 4) is 5.69 Å². The van der Waals surface area contributed by atoms with Gasteiger partial charge in [-0.2, -0.15) is 10.2 Å². The van der Waals surface area contributed by atoms with Crippen LogP contribution in [0.4, 0.5) is 17.1 Å². The molecule has 12 nitrogen and oxygen atoms in total. The van der Waals surface area contributed by atoms with Gasteiger partial charge in [0.25, 0.3) is 15.7 Å². The number of nitro groups is 1. The van der Waals surface area contributed by atoms with Crippen molar-refractivity contribution in [2.75, 3.05) is 10.1 Å². The van der Waals surface area contributed by atoms with Crippen LogP contribution in [-0.4, -0.2) is 40.4 Å². The molecule has 0 aliphatic heterocycles. The first kappa shape index (κ1) is 26.3.